The van der Waals surface area contributed by atoms with E-state index >= 15 is 0 Å². The highest BCUT2D eigenvalue weighted by atomic mass is 16.1. The Morgan fingerprint density at radius 3 is 2.72 bits per heavy atom. The molecule has 1 aliphatic carbocycles. The number of rotatable bonds is 6. The molecule has 0 aliphatic heterocycles. The summed E-state index contributed by atoms with van der Waals surface area (Å²) in [5.41, 5.74) is 4.66. The van der Waals surface area contributed by atoms with Crippen LogP contribution in [-0.4, -0.2) is 23.9 Å². The Hall–Kier alpha value is -2.13. The summed E-state index contributed by atoms with van der Waals surface area (Å²) in [5, 5.41) is 3.14. The van der Waals surface area contributed by atoms with Crippen LogP contribution in [0.3, 0.4) is 0 Å². The topological polar surface area (TPSA) is 32.3 Å². The van der Waals surface area contributed by atoms with Crippen molar-refractivity contribution >= 4 is 11.6 Å². The maximum atomic E-state index is 12.9. The van der Waals surface area contributed by atoms with E-state index in [4.69, 9.17) is 0 Å². The van der Waals surface area contributed by atoms with Crippen LogP contribution in [0.5, 0.6) is 0 Å². The Labute approximate surface area is 151 Å². The summed E-state index contributed by atoms with van der Waals surface area (Å²) in [6.45, 7) is 7.34. The maximum Gasteiger partial charge on any atom is 0.231 e. The molecule has 2 aromatic rings. The van der Waals surface area contributed by atoms with Crippen molar-refractivity contribution in [2.24, 2.45) is 0 Å². The van der Waals surface area contributed by atoms with Gasteiger partial charge in [-0.15, -0.1) is 0 Å². The van der Waals surface area contributed by atoms with Crippen LogP contribution < -0.4 is 5.32 Å². The lowest BCUT2D eigenvalue weighted by molar-refractivity contribution is -0.117. The van der Waals surface area contributed by atoms with E-state index in [1.165, 1.54) is 16.7 Å². The van der Waals surface area contributed by atoms with E-state index in [9.17, 15) is 4.79 Å². The summed E-state index contributed by atoms with van der Waals surface area (Å²) < 4.78 is 0. The van der Waals surface area contributed by atoms with Crippen LogP contribution in [0.1, 0.15) is 49.3 Å². The second kappa shape index (κ2) is 8.30. The van der Waals surface area contributed by atoms with Crippen LogP contribution in [0.25, 0.3) is 0 Å². The maximum absolute atomic E-state index is 12.9. The quantitative estimate of drug-likeness (QED) is 0.837. The highest BCUT2D eigenvalue weighted by molar-refractivity contribution is 5.96. The molecule has 0 heterocycles. The number of carbonyl (C=O) groups is 1. The molecular formula is C22H28N2O. The fourth-order valence-electron chi connectivity index (χ4n) is 3.71. The summed E-state index contributed by atoms with van der Waals surface area (Å²) in [4.78, 5) is 15.2. The number of amides is 1. The van der Waals surface area contributed by atoms with Crippen LogP contribution in [0.15, 0.2) is 48.5 Å². The molecule has 0 aromatic heterocycles. The zero-order chi connectivity index (χ0) is 17.6. The van der Waals surface area contributed by atoms with E-state index in [-0.39, 0.29) is 11.8 Å². The monoisotopic (exact) mass is 336 g/mol. The molecule has 1 atom stereocenters. The Morgan fingerprint density at radius 2 is 1.92 bits per heavy atom. The van der Waals surface area contributed by atoms with Gasteiger partial charge in [-0.05, 0) is 61.2 Å². The first-order valence-corrected chi connectivity index (χ1v) is 9.41. The molecule has 132 valence electrons. The standard InChI is InChI=1S/C22H28N2O/c1-3-24(4-2)16-17-9-7-12-19(15-17)23-22(25)21-14-8-11-18-10-5-6-13-20(18)21/h5-7,9-10,12-13,15,21H,3-4,8,11,14,16H2,1-2H3,(H,23,25). The number of hydrogen-bond acceptors (Lipinski definition) is 2. The highest BCUT2D eigenvalue weighted by Gasteiger charge is 2.26. The van der Waals surface area contributed by atoms with Crippen molar-refractivity contribution in [2.75, 3.05) is 18.4 Å². The van der Waals surface area contributed by atoms with Crippen LogP contribution in [0.4, 0.5) is 5.69 Å². The molecular weight excluding hydrogens is 308 g/mol. The number of aryl methyl sites for hydroxylation is 1. The lowest BCUT2D eigenvalue weighted by Crippen LogP contribution is -2.25. The van der Waals surface area contributed by atoms with Crippen molar-refractivity contribution in [1.82, 2.24) is 4.90 Å². The first-order valence-electron chi connectivity index (χ1n) is 9.41. The van der Waals surface area contributed by atoms with E-state index < -0.39 is 0 Å². The van der Waals surface area contributed by atoms with Gasteiger partial charge in [-0.25, -0.2) is 0 Å². The van der Waals surface area contributed by atoms with E-state index in [1.807, 2.05) is 18.2 Å². The highest BCUT2D eigenvalue weighted by Crippen LogP contribution is 2.32. The molecule has 0 saturated carbocycles. The largest absolute Gasteiger partial charge is 0.326 e. The van der Waals surface area contributed by atoms with E-state index in [0.717, 1.165) is 44.6 Å². The minimum atomic E-state index is -0.0311. The molecule has 1 aliphatic rings. The van der Waals surface area contributed by atoms with Gasteiger partial charge in [0.05, 0.1) is 5.92 Å². The minimum Gasteiger partial charge on any atom is -0.326 e. The number of benzene rings is 2. The van der Waals surface area contributed by atoms with Gasteiger partial charge in [0, 0.05) is 12.2 Å². The van der Waals surface area contributed by atoms with Crippen molar-refractivity contribution < 1.29 is 4.79 Å². The summed E-state index contributed by atoms with van der Waals surface area (Å²) in [7, 11) is 0. The average Bonchev–Trinajstić information content (AvgIpc) is 2.66. The summed E-state index contributed by atoms with van der Waals surface area (Å²) in [6, 6.07) is 16.6. The molecule has 0 fully saturated rings. The smallest absolute Gasteiger partial charge is 0.231 e. The molecule has 0 saturated heterocycles. The van der Waals surface area contributed by atoms with Crippen molar-refractivity contribution in [2.45, 2.75) is 45.6 Å². The first-order chi connectivity index (χ1) is 12.2. The fraction of sp³-hybridized carbons (Fsp3) is 0.409. The fourth-order valence-corrected chi connectivity index (χ4v) is 3.71. The Bertz CT molecular complexity index is 721. The van der Waals surface area contributed by atoms with Gasteiger partial charge in [-0.2, -0.15) is 0 Å². The number of hydrogen-bond donors (Lipinski definition) is 1. The van der Waals surface area contributed by atoms with Crippen LogP contribution in [-0.2, 0) is 17.8 Å². The summed E-state index contributed by atoms with van der Waals surface area (Å²) in [6.07, 6.45) is 3.10. The molecule has 0 spiro atoms. The van der Waals surface area contributed by atoms with Gasteiger partial charge in [0.15, 0.2) is 0 Å². The van der Waals surface area contributed by atoms with E-state index in [1.54, 1.807) is 0 Å². The van der Waals surface area contributed by atoms with E-state index in [0.29, 0.717) is 0 Å². The molecule has 2 aromatic carbocycles. The molecule has 0 radical (unpaired) electrons. The van der Waals surface area contributed by atoms with Gasteiger partial charge in [0.2, 0.25) is 5.91 Å². The lowest BCUT2D eigenvalue weighted by atomic mass is 9.82. The molecule has 3 heteroatoms. The van der Waals surface area contributed by atoms with Crippen molar-refractivity contribution in [3.63, 3.8) is 0 Å². The summed E-state index contributed by atoms with van der Waals surface area (Å²) in [5.74, 6) is 0.0866. The number of carbonyl (C=O) groups excluding carboxylic acids is 1. The van der Waals surface area contributed by atoms with Gasteiger partial charge in [0.25, 0.3) is 0 Å². The van der Waals surface area contributed by atoms with Crippen molar-refractivity contribution in [3.8, 4) is 0 Å². The molecule has 1 N–H and O–H groups in total. The van der Waals surface area contributed by atoms with Gasteiger partial charge in [0.1, 0.15) is 0 Å². The van der Waals surface area contributed by atoms with Crippen LogP contribution in [0.2, 0.25) is 0 Å². The van der Waals surface area contributed by atoms with Gasteiger partial charge >= 0.3 is 0 Å². The lowest BCUT2D eigenvalue weighted by Gasteiger charge is -2.25. The zero-order valence-corrected chi connectivity index (χ0v) is 15.3. The SMILES string of the molecule is CCN(CC)Cc1cccc(NC(=O)C2CCCc3ccccc32)c1. The zero-order valence-electron chi connectivity index (χ0n) is 15.3. The van der Waals surface area contributed by atoms with Crippen LogP contribution in [0, 0.1) is 0 Å². The second-order valence-electron chi connectivity index (χ2n) is 6.79. The van der Waals surface area contributed by atoms with Crippen LogP contribution >= 0.6 is 0 Å². The number of nitrogens with zero attached hydrogens (tertiary/aromatic N) is 1. The number of nitrogens with one attached hydrogen (secondary N) is 1. The van der Waals surface area contributed by atoms with Gasteiger partial charge < -0.3 is 5.32 Å². The molecule has 0 bridgehead atoms. The summed E-state index contributed by atoms with van der Waals surface area (Å²) >= 11 is 0. The average molecular weight is 336 g/mol. The predicted octanol–water partition coefficient (Wildman–Crippen LogP) is 4.59. The third-order valence-electron chi connectivity index (χ3n) is 5.18. The van der Waals surface area contributed by atoms with Gasteiger partial charge in [-0.1, -0.05) is 50.2 Å². The Kier molecular flexibility index (Phi) is 5.87. The molecule has 3 nitrogen and oxygen atoms in total. The second-order valence-corrected chi connectivity index (χ2v) is 6.79. The van der Waals surface area contributed by atoms with Gasteiger partial charge in [-0.3, -0.25) is 9.69 Å². The molecule has 1 amide bonds. The Morgan fingerprint density at radius 1 is 1.12 bits per heavy atom. The number of fused-ring (bicyclic) bond motifs is 1. The normalized spacial score (nSPS) is 16.5. The third-order valence-corrected chi connectivity index (χ3v) is 5.18. The molecule has 1 unspecified atom stereocenters. The Balaban J connectivity index is 1.72. The molecule has 3 rings (SSSR count). The predicted molar refractivity (Wildman–Crippen MR) is 104 cm³/mol. The number of anilines is 1. The third kappa shape index (κ3) is 4.29. The first kappa shape index (κ1) is 17.7. The van der Waals surface area contributed by atoms with E-state index in [2.05, 4.69) is 54.4 Å². The molecule has 25 heavy (non-hydrogen) atoms. The minimum absolute atomic E-state index is 0.0311. The van der Waals surface area contributed by atoms with Crippen molar-refractivity contribution in [1.29, 1.82) is 0 Å². The van der Waals surface area contributed by atoms with Crippen molar-refractivity contribution in [3.05, 3.63) is 65.2 Å².